The van der Waals surface area contributed by atoms with Gasteiger partial charge in [0.1, 0.15) is 5.75 Å². The van der Waals surface area contributed by atoms with Gasteiger partial charge in [-0.15, -0.1) is 0 Å². The molecule has 4 rings (SSSR count). The van der Waals surface area contributed by atoms with E-state index in [4.69, 9.17) is 9.47 Å². The van der Waals surface area contributed by atoms with Crippen LogP contribution in [0.3, 0.4) is 0 Å². The Labute approximate surface area is 182 Å². The van der Waals surface area contributed by atoms with Crippen LogP contribution in [0.2, 0.25) is 0 Å². The topological polar surface area (TPSA) is 80.8 Å². The van der Waals surface area contributed by atoms with Gasteiger partial charge < -0.3 is 19.7 Å². The zero-order chi connectivity index (χ0) is 21.7. The molecule has 2 aliphatic rings. The van der Waals surface area contributed by atoms with Gasteiger partial charge in [0.25, 0.3) is 5.91 Å². The summed E-state index contributed by atoms with van der Waals surface area (Å²) >= 11 is 0. The van der Waals surface area contributed by atoms with Crippen LogP contribution in [0.1, 0.15) is 28.8 Å². The van der Waals surface area contributed by atoms with Crippen LogP contribution in [-0.4, -0.2) is 61.7 Å². The summed E-state index contributed by atoms with van der Waals surface area (Å²) in [5, 5.41) is 3.10. The van der Waals surface area contributed by atoms with Crippen molar-refractivity contribution in [3.05, 3.63) is 59.9 Å². The first-order valence-corrected chi connectivity index (χ1v) is 10.8. The molecule has 0 bridgehead atoms. The van der Waals surface area contributed by atoms with Gasteiger partial charge in [-0.2, -0.15) is 0 Å². The number of pyridine rings is 1. The van der Waals surface area contributed by atoms with Crippen molar-refractivity contribution < 1.29 is 19.1 Å². The Bertz CT molecular complexity index is 912. The lowest BCUT2D eigenvalue weighted by Gasteiger charge is -2.37. The highest BCUT2D eigenvalue weighted by Crippen LogP contribution is 2.44. The van der Waals surface area contributed by atoms with E-state index < -0.39 is 0 Å². The van der Waals surface area contributed by atoms with E-state index in [1.807, 2.05) is 29.2 Å². The van der Waals surface area contributed by atoms with Crippen LogP contribution in [0.5, 0.6) is 5.75 Å². The third-order valence-electron chi connectivity index (χ3n) is 6.52. The van der Waals surface area contributed by atoms with Crippen LogP contribution in [0, 0.1) is 11.3 Å². The maximum absolute atomic E-state index is 13.2. The fourth-order valence-corrected chi connectivity index (χ4v) is 4.71. The van der Waals surface area contributed by atoms with Crippen molar-refractivity contribution in [2.45, 2.75) is 19.3 Å². The Hall–Kier alpha value is -2.93. The van der Waals surface area contributed by atoms with E-state index >= 15 is 0 Å². The van der Waals surface area contributed by atoms with Crippen molar-refractivity contribution in [3.63, 3.8) is 0 Å². The summed E-state index contributed by atoms with van der Waals surface area (Å²) in [6.45, 7) is 2.83. The number of aromatic nitrogens is 1. The molecular weight excluding hydrogens is 394 g/mol. The average molecular weight is 424 g/mol. The molecule has 7 heteroatoms. The number of nitrogens with zero attached hydrogens (tertiary/aromatic N) is 2. The summed E-state index contributed by atoms with van der Waals surface area (Å²) in [7, 11) is 1.59. The molecule has 7 nitrogen and oxygen atoms in total. The van der Waals surface area contributed by atoms with Crippen LogP contribution in [-0.2, 0) is 16.0 Å². The molecular formula is C24H29N3O4. The summed E-state index contributed by atoms with van der Waals surface area (Å²) in [5.41, 5.74) is 1.49. The first-order valence-electron chi connectivity index (χ1n) is 10.8. The van der Waals surface area contributed by atoms with E-state index in [0.29, 0.717) is 44.2 Å². The largest absolute Gasteiger partial charge is 0.497 e. The number of hydrogen-bond acceptors (Lipinski definition) is 5. The molecule has 0 saturated carbocycles. The standard InChI is InChI=1S/C24H29N3O4/c1-30-20-4-2-3-19(15-20)23(29)27-16-21(24(17-27)8-13-31-14-9-24)22(28)26-12-7-18-5-10-25-11-6-18/h2-6,10-11,15,21H,7-9,12-14,16-17H2,1H3,(H,26,28). The molecule has 2 aliphatic heterocycles. The van der Waals surface area contributed by atoms with Gasteiger partial charge in [-0.25, -0.2) is 0 Å². The summed E-state index contributed by atoms with van der Waals surface area (Å²) in [6.07, 6.45) is 5.85. The smallest absolute Gasteiger partial charge is 0.254 e. The van der Waals surface area contributed by atoms with Gasteiger partial charge >= 0.3 is 0 Å². The Morgan fingerprint density at radius 1 is 1.23 bits per heavy atom. The number of ether oxygens (including phenoxy) is 2. The Morgan fingerprint density at radius 2 is 2.00 bits per heavy atom. The Kier molecular flexibility index (Phi) is 6.51. The van der Waals surface area contributed by atoms with Crippen molar-refractivity contribution in [3.8, 4) is 5.75 Å². The van der Waals surface area contributed by atoms with Crippen molar-refractivity contribution in [1.29, 1.82) is 0 Å². The zero-order valence-electron chi connectivity index (χ0n) is 17.9. The number of carbonyl (C=O) groups excluding carboxylic acids is 2. The number of rotatable bonds is 6. The molecule has 0 radical (unpaired) electrons. The maximum atomic E-state index is 13.2. The van der Waals surface area contributed by atoms with E-state index in [0.717, 1.165) is 24.8 Å². The minimum absolute atomic E-state index is 0.0249. The third kappa shape index (κ3) is 4.71. The molecule has 2 aromatic rings. The van der Waals surface area contributed by atoms with E-state index in [1.165, 1.54) is 0 Å². The Balaban J connectivity index is 1.46. The predicted molar refractivity (Wildman–Crippen MR) is 116 cm³/mol. The van der Waals surface area contributed by atoms with Gasteiger partial charge in [-0.05, 0) is 55.2 Å². The van der Waals surface area contributed by atoms with Gasteiger partial charge in [-0.1, -0.05) is 6.07 Å². The number of methoxy groups -OCH3 is 1. The molecule has 2 saturated heterocycles. The fourth-order valence-electron chi connectivity index (χ4n) is 4.71. The van der Waals surface area contributed by atoms with Crippen molar-refractivity contribution in [1.82, 2.24) is 15.2 Å². The number of amides is 2. The number of likely N-dealkylation sites (tertiary alicyclic amines) is 1. The van der Waals surface area contributed by atoms with Crippen molar-refractivity contribution >= 4 is 11.8 Å². The lowest BCUT2D eigenvalue weighted by atomic mass is 9.71. The molecule has 1 aromatic carbocycles. The number of benzene rings is 1. The summed E-state index contributed by atoms with van der Waals surface area (Å²) < 4.78 is 10.8. The highest BCUT2D eigenvalue weighted by atomic mass is 16.5. The number of hydrogen-bond donors (Lipinski definition) is 1. The maximum Gasteiger partial charge on any atom is 0.254 e. The van der Waals surface area contributed by atoms with E-state index in [-0.39, 0.29) is 23.1 Å². The fraction of sp³-hybridized carbons (Fsp3) is 0.458. The molecule has 1 atom stereocenters. The zero-order valence-corrected chi connectivity index (χ0v) is 17.9. The number of carbonyl (C=O) groups is 2. The predicted octanol–water partition coefficient (Wildman–Crippen LogP) is 2.32. The molecule has 1 aromatic heterocycles. The molecule has 0 aliphatic carbocycles. The second kappa shape index (κ2) is 9.47. The second-order valence-electron chi connectivity index (χ2n) is 8.34. The molecule has 31 heavy (non-hydrogen) atoms. The minimum atomic E-state index is -0.233. The van der Waals surface area contributed by atoms with Crippen molar-refractivity contribution in [2.24, 2.45) is 11.3 Å². The lowest BCUT2D eigenvalue weighted by molar-refractivity contribution is -0.129. The minimum Gasteiger partial charge on any atom is -0.497 e. The summed E-state index contributed by atoms with van der Waals surface area (Å²) in [4.78, 5) is 32.3. The molecule has 1 unspecified atom stereocenters. The van der Waals surface area contributed by atoms with E-state index in [9.17, 15) is 9.59 Å². The Morgan fingerprint density at radius 3 is 2.74 bits per heavy atom. The quantitative estimate of drug-likeness (QED) is 0.771. The van der Waals surface area contributed by atoms with Gasteiger partial charge in [0.2, 0.25) is 5.91 Å². The second-order valence-corrected chi connectivity index (χ2v) is 8.34. The lowest BCUT2D eigenvalue weighted by Crippen LogP contribution is -2.44. The average Bonchev–Trinajstić information content (AvgIpc) is 3.18. The molecule has 1 N–H and O–H groups in total. The highest BCUT2D eigenvalue weighted by Gasteiger charge is 2.51. The van der Waals surface area contributed by atoms with E-state index in [2.05, 4.69) is 10.3 Å². The van der Waals surface area contributed by atoms with Gasteiger partial charge in [0, 0.05) is 56.2 Å². The molecule has 1 spiro atoms. The first kappa shape index (κ1) is 21.3. The van der Waals surface area contributed by atoms with Crippen LogP contribution in [0.4, 0.5) is 0 Å². The summed E-state index contributed by atoms with van der Waals surface area (Å²) in [5.74, 6) is 0.383. The number of nitrogens with one attached hydrogen (secondary N) is 1. The van der Waals surface area contributed by atoms with Crippen LogP contribution >= 0.6 is 0 Å². The molecule has 3 heterocycles. The molecule has 164 valence electrons. The third-order valence-corrected chi connectivity index (χ3v) is 6.52. The van der Waals surface area contributed by atoms with Crippen LogP contribution in [0.25, 0.3) is 0 Å². The van der Waals surface area contributed by atoms with Gasteiger partial charge in [-0.3, -0.25) is 14.6 Å². The SMILES string of the molecule is COc1cccc(C(=O)N2CC(C(=O)NCCc3ccncc3)C3(CCOCC3)C2)c1. The monoisotopic (exact) mass is 423 g/mol. The van der Waals surface area contributed by atoms with E-state index in [1.54, 1.807) is 31.6 Å². The van der Waals surface area contributed by atoms with Crippen molar-refractivity contribution in [2.75, 3.05) is 40.0 Å². The highest BCUT2D eigenvalue weighted by molar-refractivity contribution is 5.95. The van der Waals surface area contributed by atoms with Crippen LogP contribution in [0.15, 0.2) is 48.8 Å². The molecule has 2 fully saturated rings. The van der Waals surface area contributed by atoms with Gasteiger partial charge in [0.05, 0.1) is 13.0 Å². The molecule has 2 amide bonds. The first-order chi connectivity index (χ1) is 15.1. The normalized spacial score (nSPS) is 19.9. The van der Waals surface area contributed by atoms with Crippen LogP contribution < -0.4 is 10.1 Å². The van der Waals surface area contributed by atoms with Gasteiger partial charge in [0.15, 0.2) is 0 Å². The summed E-state index contributed by atoms with van der Waals surface area (Å²) in [6, 6.07) is 11.1.